The lowest BCUT2D eigenvalue weighted by Gasteiger charge is -2.01. The Labute approximate surface area is 93.7 Å². The highest BCUT2D eigenvalue weighted by atomic mass is 19.1. The zero-order valence-corrected chi connectivity index (χ0v) is 9.34. The van der Waals surface area contributed by atoms with E-state index in [1.165, 1.54) is 12.1 Å². The van der Waals surface area contributed by atoms with E-state index in [1.807, 2.05) is 14.0 Å². The van der Waals surface area contributed by atoms with Crippen LogP contribution in [0.15, 0.2) is 24.3 Å². The summed E-state index contributed by atoms with van der Waals surface area (Å²) in [6.45, 7) is 2.62. The van der Waals surface area contributed by atoms with Gasteiger partial charge in [-0.25, -0.2) is 9.37 Å². The maximum atomic E-state index is 12.8. The lowest BCUT2D eigenvalue weighted by atomic mass is 10.1. The molecule has 0 aliphatic rings. The second-order valence-corrected chi connectivity index (χ2v) is 3.69. The van der Waals surface area contributed by atoms with E-state index >= 15 is 0 Å². The number of aryl methyl sites for hydroxylation is 1. The first-order valence-electron chi connectivity index (χ1n) is 5.16. The molecule has 0 saturated carbocycles. The fraction of sp³-hybridized carbons (Fsp3) is 0.250. The van der Waals surface area contributed by atoms with Gasteiger partial charge in [0.15, 0.2) is 0 Å². The summed E-state index contributed by atoms with van der Waals surface area (Å²) in [5.41, 5.74) is 2.83. The van der Waals surface area contributed by atoms with Gasteiger partial charge in [0.05, 0.1) is 11.4 Å². The number of rotatable bonds is 3. The van der Waals surface area contributed by atoms with Crippen LogP contribution in [0.1, 0.15) is 11.5 Å². The third-order valence-corrected chi connectivity index (χ3v) is 2.37. The summed E-state index contributed by atoms with van der Waals surface area (Å²) in [7, 11) is 1.88. The number of halogens is 1. The molecule has 2 N–H and O–H groups in total. The summed E-state index contributed by atoms with van der Waals surface area (Å²) in [5.74, 6) is 0.635. The molecular weight excluding hydrogens is 205 g/mol. The summed E-state index contributed by atoms with van der Waals surface area (Å²) < 4.78 is 12.8. The van der Waals surface area contributed by atoms with Gasteiger partial charge in [-0.15, -0.1) is 0 Å². The minimum Gasteiger partial charge on any atom is -0.345 e. The molecule has 4 heteroatoms. The molecule has 0 spiro atoms. The number of nitrogens with zero attached hydrogens (tertiary/aromatic N) is 1. The van der Waals surface area contributed by atoms with E-state index in [-0.39, 0.29) is 5.82 Å². The molecule has 0 fully saturated rings. The van der Waals surface area contributed by atoms with Crippen LogP contribution in [0.4, 0.5) is 4.39 Å². The van der Waals surface area contributed by atoms with Crippen LogP contribution in [-0.4, -0.2) is 17.0 Å². The Hall–Kier alpha value is -1.68. The SMILES string of the molecule is CNCc1[nH]c(C)nc1-c1ccc(F)cc1. The van der Waals surface area contributed by atoms with Crippen molar-refractivity contribution in [2.24, 2.45) is 0 Å². The quantitative estimate of drug-likeness (QED) is 0.831. The fourth-order valence-electron chi connectivity index (χ4n) is 1.69. The maximum absolute atomic E-state index is 12.8. The number of benzene rings is 1. The van der Waals surface area contributed by atoms with Gasteiger partial charge in [0.25, 0.3) is 0 Å². The number of hydrogen-bond acceptors (Lipinski definition) is 2. The van der Waals surface area contributed by atoms with Crippen molar-refractivity contribution >= 4 is 0 Å². The summed E-state index contributed by atoms with van der Waals surface area (Å²) in [6.07, 6.45) is 0. The van der Waals surface area contributed by atoms with Crippen LogP contribution >= 0.6 is 0 Å². The van der Waals surface area contributed by atoms with Crippen molar-refractivity contribution in [1.29, 1.82) is 0 Å². The van der Waals surface area contributed by atoms with E-state index in [0.717, 1.165) is 22.8 Å². The van der Waals surface area contributed by atoms with Crippen LogP contribution in [0.3, 0.4) is 0 Å². The number of hydrogen-bond donors (Lipinski definition) is 2. The number of aromatic nitrogens is 2. The van der Waals surface area contributed by atoms with Crippen LogP contribution in [0.25, 0.3) is 11.3 Å². The number of imidazole rings is 1. The normalized spacial score (nSPS) is 10.7. The Morgan fingerprint density at radius 1 is 1.31 bits per heavy atom. The first-order chi connectivity index (χ1) is 7.70. The Kier molecular flexibility index (Phi) is 3.01. The average molecular weight is 219 g/mol. The molecule has 0 unspecified atom stereocenters. The third kappa shape index (κ3) is 2.12. The molecule has 0 aliphatic heterocycles. The molecule has 16 heavy (non-hydrogen) atoms. The average Bonchev–Trinajstić information content (AvgIpc) is 2.61. The van der Waals surface area contributed by atoms with Crippen LogP contribution in [0.2, 0.25) is 0 Å². The second-order valence-electron chi connectivity index (χ2n) is 3.69. The van der Waals surface area contributed by atoms with E-state index in [1.54, 1.807) is 12.1 Å². The van der Waals surface area contributed by atoms with Gasteiger partial charge < -0.3 is 10.3 Å². The summed E-state index contributed by atoms with van der Waals surface area (Å²) in [5, 5.41) is 3.07. The largest absolute Gasteiger partial charge is 0.345 e. The number of aromatic amines is 1. The Morgan fingerprint density at radius 3 is 2.62 bits per heavy atom. The van der Waals surface area contributed by atoms with Crippen molar-refractivity contribution in [3.8, 4) is 11.3 Å². The van der Waals surface area contributed by atoms with E-state index < -0.39 is 0 Å². The maximum Gasteiger partial charge on any atom is 0.123 e. The molecule has 0 amide bonds. The molecule has 0 radical (unpaired) electrons. The summed E-state index contributed by atoms with van der Waals surface area (Å²) >= 11 is 0. The lowest BCUT2D eigenvalue weighted by Crippen LogP contribution is -2.06. The van der Waals surface area contributed by atoms with Gasteiger partial charge in [-0.2, -0.15) is 0 Å². The van der Waals surface area contributed by atoms with Gasteiger partial charge in [0, 0.05) is 12.1 Å². The molecular formula is C12H14FN3. The van der Waals surface area contributed by atoms with Gasteiger partial charge in [-0.3, -0.25) is 0 Å². The van der Waals surface area contributed by atoms with Crippen molar-refractivity contribution in [3.63, 3.8) is 0 Å². The third-order valence-electron chi connectivity index (χ3n) is 2.37. The molecule has 0 bridgehead atoms. The zero-order chi connectivity index (χ0) is 11.5. The Morgan fingerprint density at radius 2 is 2.00 bits per heavy atom. The van der Waals surface area contributed by atoms with Gasteiger partial charge in [-0.05, 0) is 38.2 Å². The van der Waals surface area contributed by atoms with Crippen molar-refractivity contribution in [1.82, 2.24) is 15.3 Å². The first-order valence-corrected chi connectivity index (χ1v) is 5.16. The molecule has 84 valence electrons. The summed E-state index contributed by atoms with van der Waals surface area (Å²) in [4.78, 5) is 7.60. The van der Waals surface area contributed by atoms with Crippen LogP contribution in [0, 0.1) is 12.7 Å². The van der Waals surface area contributed by atoms with Gasteiger partial charge in [0.1, 0.15) is 11.6 Å². The van der Waals surface area contributed by atoms with Gasteiger partial charge in [-0.1, -0.05) is 0 Å². The molecule has 1 aromatic carbocycles. The second kappa shape index (κ2) is 4.45. The van der Waals surface area contributed by atoms with Crippen LogP contribution in [0.5, 0.6) is 0 Å². The topological polar surface area (TPSA) is 40.7 Å². The molecule has 1 aromatic heterocycles. The molecule has 1 heterocycles. The molecule has 0 saturated heterocycles. The lowest BCUT2D eigenvalue weighted by molar-refractivity contribution is 0.628. The van der Waals surface area contributed by atoms with E-state index in [4.69, 9.17) is 0 Å². The predicted octanol–water partition coefficient (Wildman–Crippen LogP) is 2.24. The van der Waals surface area contributed by atoms with Crippen LogP contribution < -0.4 is 5.32 Å². The first kappa shape index (κ1) is 10.8. The predicted molar refractivity (Wildman–Crippen MR) is 61.5 cm³/mol. The fourth-order valence-corrected chi connectivity index (χ4v) is 1.69. The Bertz CT molecular complexity index is 474. The van der Waals surface area contributed by atoms with Gasteiger partial charge >= 0.3 is 0 Å². The number of H-pyrrole nitrogens is 1. The molecule has 0 aliphatic carbocycles. The standard InChI is InChI=1S/C12H14FN3/c1-8-15-11(7-14-2)12(16-8)9-3-5-10(13)6-4-9/h3-6,14H,7H2,1-2H3,(H,15,16). The number of nitrogens with one attached hydrogen (secondary N) is 2. The minimum absolute atomic E-state index is 0.230. The van der Waals surface area contributed by atoms with E-state index in [2.05, 4.69) is 15.3 Å². The Balaban J connectivity index is 2.42. The smallest absolute Gasteiger partial charge is 0.123 e. The summed E-state index contributed by atoms with van der Waals surface area (Å²) in [6, 6.07) is 6.37. The van der Waals surface area contributed by atoms with Crippen molar-refractivity contribution < 1.29 is 4.39 Å². The van der Waals surface area contributed by atoms with Gasteiger partial charge in [0.2, 0.25) is 0 Å². The highest BCUT2D eigenvalue weighted by Gasteiger charge is 2.09. The molecule has 0 atom stereocenters. The highest BCUT2D eigenvalue weighted by molar-refractivity contribution is 5.62. The molecule has 2 rings (SSSR count). The highest BCUT2D eigenvalue weighted by Crippen LogP contribution is 2.21. The van der Waals surface area contributed by atoms with Crippen molar-refractivity contribution in [2.45, 2.75) is 13.5 Å². The molecule has 2 aromatic rings. The van der Waals surface area contributed by atoms with Crippen molar-refractivity contribution in [3.05, 3.63) is 41.6 Å². The van der Waals surface area contributed by atoms with Crippen LogP contribution in [-0.2, 0) is 6.54 Å². The molecule has 3 nitrogen and oxygen atoms in total. The minimum atomic E-state index is -0.230. The van der Waals surface area contributed by atoms with E-state index in [9.17, 15) is 4.39 Å². The van der Waals surface area contributed by atoms with Crippen molar-refractivity contribution in [2.75, 3.05) is 7.05 Å². The van der Waals surface area contributed by atoms with E-state index in [0.29, 0.717) is 6.54 Å². The monoisotopic (exact) mass is 219 g/mol. The zero-order valence-electron chi connectivity index (χ0n) is 9.34.